The molecule has 0 radical (unpaired) electrons. The fourth-order valence-electron chi connectivity index (χ4n) is 8.47. The van der Waals surface area contributed by atoms with Crippen LogP contribution in [0.3, 0.4) is 0 Å². The molecule has 2 N–H and O–H groups in total. The van der Waals surface area contributed by atoms with Gasteiger partial charge in [-0.25, -0.2) is 4.79 Å². The van der Waals surface area contributed by atoms with E-state index in [1.165, 1.54) is 37.7 Å². The molecule has 1 saturated heterocycles. The van der Waals surface area contributed by atoms with Crippen LogP contribution in [0.1, 0.15) is 163 Å². The SMILES string of the molecule is CCC(C)C(=O)OC1CC(C)C=C2C=CC(C)C(CCC3CC(OC(=O)NCCCCCCCCCCCCNC(=O)CCCCC(S)CCS)CC(=O)O3)C21. The lowest BCUT2D eigenvalue weighted by Gasteiger charge is -2.43. The van der Waals surface area contributed by atoms with Crippen LogP contribution in [-0.4, -0.2) is 66.3 Å². The Hall–Kier alpha value is -2.14. The van der Waals surface area contributed by atoms with Crippen LogP contribution in [-0.2, 0) is 28.6 Å². The monoisotopic (exact) mass is 821 g/mol. The number of ether oxygens (including phenoxy) is 3. The number of esters is 2. The Labute approximate surface area is 350 Å². The number of hydrogen-bond acceptors (Lipinski definition) is 9. The summed E-state index contributed by atoms with van der Waals surface area (Å²) in [4.78, 5) is 50.0. The molecule has 2 amide bonds. The molecule has 9 nitrogen and oxygen atoms in total. The molecule has 11 heteroatoms. The smallest absolute Gasteiger partial charge is 0.407 e. The Morgan fingerprint density at radius 3 is 2.20 bits per heavy atom. The van der Waals surface area contributed by atoms with Gasteiger partial charge in [0.1, 0.15) is 18.3 Å². The van der Waals surface area contributed by atoms with Crippen molar-refractivity contribution >= 4 is 49.2 Å². The van der Waals surface area contributed by atoms with E-state index in [9.17, 15) is 19.2 Å². The number of allylic oxidation sites excluding steroid dienone is 3. The quantitative estimate of drug-likeness (QED) is 0.0282. The second kappa shape index (κ2) is 27.5. The minimum atomic E-state index is -0.492. The predicted molar refractivity (Wildman–Crippen MR) is 232 cm³/mol. The van der Waals surface area contributed by atoms with E-state index in [0.717, 1.165) is 89.3 Å². The van der Waals surface area contributed by atoms with E-state index < -0.39 is 12.2 Å². The van der Waals surface area contributed by atoms with Crippen LogP contribution in [0.15, 0.2) is 23.8 Å². The molecule has 3 rings (SSSR count). The van der Waals surface area contributed by atoms with Crippen molar-refractivity contribution < 1.29 is 33.4 Å². The summed E-state index contributed by atoms with van der Waals surface area (Å²) in [6, 6.07) is 0. The molecule has 1 aliphatic heterocycles. The molecule has 3 aliphatic rings. The average Bonchev–Trinajstić information content (AvgIpc) is 3.15. The van der Waals surface area contributed by atoms with E-state index in [4.69, 9.17) is 14.2 Å². The first-order valence-electron chi connectivity index (χ1n) is 22.3. The standard InChI is InChI=1S/C45H76N2O7S2/c1-5-33(3)44(50)54-40-29-32(2)28-35-21-20-34(4)39(43(35)40)23-22-36-30-37(31-42(49)52-36)53-45(51)47-26-17-13-11-9-7-6-8-10-12-16-25-46-41(48)19-15-14-18-38(56)24-27-55/h20-21,28,32-34,36-40,43,55-56H,5-19,22-27,29-31H2,1-4H3,(H,46,48)(H,47,51). The van der Waals surface area contributed by atoms with Gasteiger partial charge in [0.25, 0.3) is 0 Å². The van der Waals surface area contributed by atoms with Gasteiger partial charge in [-0.3, -0.25) is 14.4 Å². The van der Waals surface area contributed by atoms with Crippen molar-refractivity contribution in [1.82, 2.24) is 10.6 Å². The normalized spacial score (nSPS) is 25.6. The summed E-state index contributed by atoms with van der Waals surface area (Å²) in [5, 5.41) is 6.33. The van der Waals surface area contributed by atoms with Crippen LogP contribution in [0.2, 0.25) is 0 Å². The number of rotatable bonds is 27. The fourth-order valence-corrected chi connectivity index (χ4v) is 9.29. The third-order valence-electron chi connectivity index (χ3n) is 12.0. The van der Waals surface area contributed by atoms with Gasteiger partial charge in [0.05, 0.1) is 12.3 Å². The van der Waals surface area contributed by atoms with Gasteiger partial charge >= 0.3 is 18.0 Å². The molecule has 320 valence electrons. The molecule has 2 aliphatic carbocycles. The third-order valence-corrected chi connectivity index (χ3v) is 12.8. The first-order valence-corrected chi connectivity index (χ1v) is 23.4. The Morgan fingerprint density at radius 1 is 0.875 bits per heavy atom. The second-order valence-electron chi connectivity index (χ2n) is 17.0. The molecule has 0 saturated carbocycles. The van der Waals surface area contributed by atoms with Crippen LogP contribution < -0.4 is 10.6 Å². The molecule has 9 atom stereocenters. The van der Waals surface area contributed by atoms with Crippen LogP contribution in [0, 0.1) is 29.6 Å². The van der Waals surface area contributed by atoms with Crippen molar-refractivity contribution in [3.63, 3.8) is 0 Å². The Bertz CT molecular complexity index is 1240. The maximum atomic E-state index is 12.8. The van der Waals surface area contributed by atoms with E-state index in [-0.39, 0.29) is 54.2 Å². The third kappa shape index (κ3) is 18.6. The molecular weight excluding hydrogens is 745 g/mol. The van der Waals surface area contributed by atoms with Gasteiger partial charge in [-0.05, 0) is 86.9 Å². The predicted octanol–water partition coefficient (Wildman–Crippen LogP) is 10.1. The van der Waals surface area contributed by atoms with Gasteiger partial charge in [-0.2, -0.15) is 25.3 Å². The highest BCUT2D eigenvalue weighted by atomic mass is 32.1. The summed E-state index contributed by atoms with van der Waals surface area (Å²) < 4.78 is 17.6. The number of amides is 2. The van der Waals surface area contributed by atoms with Crippen LogP contribution >= 0.6 is 25.3 Å². The lowest BCUT2D eigenvalue weighted by molar-refractivity contribution is -0.162. The summed E-state index contributed by atoms with van der Waals surface area (Å²) in [5.74, 6) is 1.49. The highest BCUT2D eigenvalue weighted by Crippen LogP contribution is 2.45. The first kappa shape index (κ1) is 48.2. The zero-order chi connectivity index (χ0) is 40.7. The highest BCUT2D eigenvalue weighted by molar-refractivity contribution is 7.81. The number of hydrogen-bond donors (Lipinski definition) is 4. The van der Waals surface area contributed by atoms with Crippen molar-refractivity contribution in [3.05, 3.63) is 23.8 Å². The lowest BCUT2D eigenvalue weighted by Crippen LogP contribution is -2.42. The van der Waals surface area contributed by atoms with E-state index in [0.29, 0.717) is 42.9 Å². The van der Waals surface area contributed by atoms with E-state index in [1.807, 2.05) is 13.8 Å². The van der Waals surface area contributed by atoms with Gasteiger partial charge in [0.15, 0.2) is 0 Å². The summed E-state index contributed by atoms with van der Waals surface area (Å²) in [7, 11) is 0. The number of carbonyl (C=O) groups excluding carboxylic acids is 4. The van der Waals surface area contributed by atoms with Crippen LogP contribution in [0.25, 0.3) is 0 Å². The minimum Gasteiger partial charge on any atom is -0.462 e. The maximum absolute atomic E-state index is 12.8. The van der Waals surface area contributed by atoms with Gasteiger partial charge < -0.3 is 24.8 Å². The Morgan fingerprint density at radius 2 is 1.54 bits per heavy atom. The Kier molecular flexibility index (Phi) is 23.7. The van der Waals surface area contributed by atoms with Gasteiger partial charge in [-0.1, -0.05) is 104 Å². The van der Waals surface area contributed by atoms with Crippen LogP contribution in [0.4, 0.5) is 4.79 Å². The topological polar surface area (TPSA) is 120 Å². The Balaban J connectivity index is 1.22. The molecule has 0 spiro atoms. The summed E-state index contributed by atoms with van der Waals surface area (Å²) >= 11 is 8.79. The number of unbranched alkanes of at least 4 members (excludes halogenated alkanes) is 10. The van der Waals surface area contributed by atoms with E-state index in [1.54, 1.807) is 0 Å². The molecule has 0 aromatic rings. The summed E-state index contributed by atoms with van der Waals surface area (Å²) in [5.41, 5.74) is 1.25. The molecule has 9 unspecified atom stereocenters. The van der Waals surface area contributed by atoms with E-state index >= 15 is 0 Å². The number of thiol groups is 2. The van der Waals surface area contributed by atoms with Gasteiger partial charge in [-0.15, -0.1) is 0 Å². The van der Waals surface area contributed by atoms with Crippen molar-refractivity contribution in [2.45, 2.75) is 186 Å². The van der Waals surface area contributed by atoms with Gasteiger partial charge in [0, 0.05) is 37.1 Å². The number of fused-ring (bicyclic) bond motifs is 1. The number of carbonyl (C=O) groups is 4. The highest BCUT2D eigenvalue weighted by Gasteiger charge is 2.42. The molecular formula is C45H76N2O7S2. The molecule has 0 bridgehead atoms. The molecule has 1 fully saturated rings. The second-order valence-corrected chi connectivity index (χ2v) is 18.1. The molecule has 56 heavy (non-hydrogen) atoms. The summed E-state index contributed by atoms with van der Waals surface area (Å²) in [6.45, 7) is 9.68. The largest absolute Gasteiger partial charge is 0.462 e. The molecule has 1 heterocycles. The fraction of sp³-hybridized carbons (Fsp3) is 0.822. The van der Waals surface area contributed by atoms with Crippen LogP contribution in [0.5, 0.6) is 0 Å². The number of alkyl carbamates (subject to hydrolysis) is 1. The number of nitrogens with one attached hydrogen (secondary N) is 2. The van der Waals surface area contributed by atoms with E-state index in [2.05, 4.69) is 68.0 Å². The average molecular weight is 821 g/mol. The van der Waals surface area contributed by atoms with Gasteiger partial charge in [0.2, 0.25) is 5.91 Å². The lowest BCUT2D eigenvalue weighted by atomic mass is 9.65. The minimum absolute atomic E-state index is 0.0826. The van der Waals surface area contributed by atoms with Crippen molar-refractivity contribution in [2.24, 2.45) is 29.6 Å². The summed E-state index contributed by atoms with van der Waals surface area (Å²) in [6.07, 6.45) is 25.1. The zero-order valence-corrected chi connectivity index (χ0v) is 36.9. The van der Waals surface area contributed by atoms with Crippen molar-refractivity contribution in [2.75, 3.05) is 18.8 Å². The molecule has 0 aromatic heterocycles. The maximum Gasteiger partial charge on any atom is 0.407 e. The molecule has 0 aromatic carbocycles. The number of cyclic esters (lactones) is 1. The zero-order valence-electron chi connectivity index (χ0n) is 35.2. The van der Waals surface area contributed by atoms with Crippen molar-refractivity contribution in [3.8, 4) is 0 Å². The van der Waals surface area contributed by atoms with Crippen molar-refractivity contribution in [1.29, 1.82) is 0 Å². The first-order chi connectivity index (χ1) is 27.0.